The van der Waals surface area contributed by atoms with Crippen molar-refractivity contribution in [2.45, 2.75) is 13.1 Å². The molecule has 3 N–H and O–H groups in total. The molecule has 0 atom stereocenters. The van der Waals surface area contributed by atoms with Crippen LogP contribution in [0.5, 0.6) is 0 Å². The number of carbonyl (C=O) groups is 1. The summed E-state index contributed by atoms with van der Waals surface area (Å²) in [6.07, 6.45) is 0. The molecule has 0 unspecified atom stereocenters. The third-order valence-corrected chi connectivity index (χ3v) is 3.75. The summed E-state index contributed by atoms with van der Waals surface area (Å²) in [6, 6.07) is 9.25. The molecule has 0 bridgehead atoms. The molecular weight excluding hydrogens is 268 g/mol. The molecule has 0 saturated carbocycles. The predicted molar refractivity (Wildman–Crippen MR) is 74.8 cm³/mol. The van der Waals surface area contributed by atoms with Gasteiger partial charge in [0.15, 0.2) is 0 Å². The van der Waals surface area contributed by atoms with Crippen LogP contribution < -0.4 is 11.1 Å². The van der Waals surface area contributed by atoms with Gasteiger partial charge in [-0.1, -0.05) is 23.7 Å². The Morgan fingerprint density at radius 3 is 2.83 bits per heavy atom. The summed E-state index contributed by atoms with van der Waals surface area (Å²) in [5, 5.41) is 5.98. The fourth-order valence-electron chi connectivity index (χ4n) is 1.61. The van der Waals surface area contributed by atoms with E-state index in [1.54, 1.807) is 23.5 Å². The first-order valence-electron chi connectivity index (χ1n) is 5.47. The van der Waals surface area contributed by atoms with Gasteiger partial charge >= 0.3 is 0 Å². The zero-order valence-electron chi connectivity index (χ0n) is 9.65. The number of nitrogens with two attached hydrogens (primary N) is 1. The van der Waals surface area contributed by atoms with Crippen LogP contribution in [0.3, 0.4) is 0 Å². The average molecular weight is 281 g/mol. The molecule has 5 heteroatoms. The number of halogens is 1. The maximum atomic E-state index is 11.0. The van der Waals surface area contributed by atoms with Crippen molar-refractivity contribution in [3.05, 3.63) is 56.7 Å². The fraction of sp³-hybridized carbons (Fsp3) is 0.154. The number of amides is 1. The van der Waals surface area contributed by atoms with Gasteiger partial charge in [-0.25, -0.2) is 0 Å². The summed E-state index contributed by atoms with van der Waals surface area (Å²) < 4.78 is 0. The third kappa shape index (κ3) is 3.57. The molecule has 0 spiro atoms. The number of carbonyl (C=O) groups excluding carboxylic acids is 1. The first-order valence-corrected chi connectivity index (χ1v) is 6.73. The lowest BCUT2D eigenvalue weighted by molar-refractivity contribution is 0.1000. The van der Waals surface area contributed by atoms with Gasteiger partial charge in [0.2, 0.25) is 5.91 Å². The summed E-state index contributed by atoms with van der Waals surface area (Å²) in [5.74, 6) is -0.401. The van der Waals surface area contributed by atoms with Gasteiger partial charge in [-0.2, -0.15) is 0 Å². The minimum Gasteiger partial charge on any atom is -0.366 e. The van der Waals surface area contributed by atoms with E-state index in [0.29, 0.717) is 12.1 Å². The monoisotopic (exact) mass is 280 g/mol. The van der Waals surface area contributed by atoms with Crippen LogP contribution >= 0.6 is 22.9 Å². The van der Waals surface area contributed by atoms with Gasteiger partial charge in [0.1, 0.15) is 0 Å². The Balaban J connectivity index is 1.90. The van der Waals surface area contributed by atoms with E-state index in [4.69, 9.17) is 17.3 Å². The molecule has 1 heterocycles. The Morgan fingerprint density at radius 2 is 2.17 bits per heavy atom. The number of hydrogen-bond acceptors (Lipinski definition) is 3. The van der Waals surface area contributed by atoms with Crippen LogP contribution in [0.15, 0.2) is 35.7 Å². The highest BCUT2D eigenvalue weighted by Crippen LogP contribution is 2.18. The first kappa shape index (κ1) is 13.1. The topological polar surface area (TPSA) is 55.1 Å². The number of rotatable bonds is 5. The van der Waals surface area contributed by atoms with Crippen molar-refractivity contribution < 1.29 is 4.79 Å². The smallest absolute Gasteiger partial charge is 0.248 e. The molecule has 3 nitrogen and oxygen atoms in total. The second kappa shape index (κ2) is 6.00. The molecule has 0 radical (unpaired) electrons. The highest BCUT2D eigenvalue weighted by molar-refractivity contribution is 7.10. The lowest BCUT2D eigenvalue weighted by Crippen LogP contribution is -2.14. The highest BCUT2D eigenvalue weighted by atomic mass is 35.5. The number of benzene rings is 1. The standard InChI is InChI=1S/C13H13ClN2OS/c14-11-5-12(18-8-11)7-16-6-9-2-1-3-10(4-9)13(15)17/h1-5,8,16H,6-7H2,(H2,15,17). The molecule has 1 amide bonds. The summed E-state index contributed by atoms with van der Waals surface area (Å²) >= 11 is 7.47. The quantitative estimate of drug-likeness (QED) is 0.885. The van der Waals surface area contributed by atoms with Crippen molar-refractivity contribution in [3.63, 3.8) is 0 Å². The van der Waals surface area contributed by atoms with Crippen LogP contribution in [-0.4, -0.2) is 5.91 Å². The van der Waals surface area contributed by atoms with Crippen molar-refractivity contribution in [1.29, 1.82) is 0 Å². The van der Waals surface area contributed by atoms with Gasteiger partial charge in [0.05, 0.1) is 5.02 Å². The Morgan fingerprint density at radius 1 is 1.33 bits per heavy atom. The average Bonchev–Trinajstić information content (AvgIpc) is 2.75. The second-order valence-corrected chi connectivity index (χ2v) is 5.33. The zero-order valence-corrected chi connectivity index (χ0v) is 11.2. The number of primary amides is 1. The van der Waals surface area contributed by atoms with E-state index < -0.39 is 5.91 Å². The van der Waals surface area contributed by atoms with Crippen LogP contribution in [0.1, 0.15) is 20.8 Å². The fourth-order valence-corrected chi connectivity index (χ4v) is 2.65. The van der Waals surface area contributed by atoms with Gasteiger partial charge in [-0.05, 0) is 23.8 Å². The molecule has 1 aromatic carbocycles. The number of hydrogen-bond donors (Lipinski definition) is 2. The Bertz CT molecular complexity index is 553. The molecule has 0 aliphatic carbocycles. The van der Waals surface area contributed by atoms with E-state index in [1.807, 2.05) is 23.6 Å². The zero-order chi connectivity index (χ0) is 13.0. The van der Waals surface area contributed by atoms with Gasteiger partial charge in [0, 0.05) is 28.9 Å². The summed E-state index contributed by atoms with van der Waals surface area (Å²) in [4.78, 5) is 12.2. The van der Waals surface area contributed by atoms with Crippen LogP contribution in [0, 0.1) is 0 Å². The van der Waals surface area contributed by atoms with Gasteiger partial charge < -0.3 is 11.1 Å². The molecule has 0 saturated heterocycles. The number of thiophene rings is 1. The second-order valence-electron chi connectivity index (χ2n) is 3.90. The van der Waals surface area contributed by atoms with Crippen molar-refractivity contribution in [2.24, 2.45) is 5.73 Å². The molecule has 0 fully saturated rings. The van der Waals surface area contributed by atoms with Crippen molar-refractivity contribution >= 4 is 28.8 Å². The lowest BCUT2D eigenvalue weighted by atomic mass is 10.1. The Kier molecular flexibility index (Phi) is 4.36. The molecule has 0 aliphatic rings. The molecule has 0 aliphatic heterocycles. The van der Waals surface area contributed by atoms with Gasteiger partial charge in [-0.15, -0.1) is 11.3 Å². The summed E-state index contributed by atoms with van der Waals surface area (Å²) in [6.45, 7) is 1.45. The van der Waals surface area contributed by atoms with Gasteiger partial charge in [-0.3, -0.25) is 4.79 Å². The number of nitrogens with one attached hydrogen (secondary N) is 1. The van der Waals surface area contributed by atoms with E-state index in [0.717, 1.165) is 17.1 Å². The first-order chi connectivity index (χ1) is 8.65. The minimum absolute atomic E-state index is 0.401. The van der Waals surface area contributed by atoms with E-state index in [1.165, 1.54) is 4.88 Å². The maximum Gasteiger partial charge on any atom is 0.248 e. The van der Waals surface area contributed by atoms with Crippen molar-refractivity contribution in [1.82, 2.24) is 5.32 Å². The van der Waals surface area contributed by atoms with Crippen molar-refractivity contribution in [2.75, 3.05) is 0 Å². The molecule has 2 rings (SSSR count). The largest absolute Gasteiger partial charge is 0.366 e. The van der Waals surface area contributed by atoms with Gasteiger partial charge in [0.25, 0.3) is 0 Å². The normalized spacial score (nSPS) is 10.5. The molecule has 18 heavy (non-hydrogen) atoms. The van der Waals surface area contributed by atoms with Crippen LogP contribution in [0.4, 0.5) is 0 Å². The lowest BCUT2D eigenvalue weighted by Gasteiger charge is -2.04. The SMILES string of the molecule is NC(=O)c1cccc(CNCc2cc(Cl)cs2)c1. The predicted octanol–water partition coefficient (Wildman–Crippen LogP) is 2.79. The van der Waals surface area contributed by atoms with Crippen molar-refractivity contribution in [3.8, 4) is 0 Å². The third-order valence-electron chi connectivity index (χ3n) is 2.46. The van der Waals surface area contributed by atoms with Crippen LogP contribution in [-0.2, 0) is 13.1 Å². The Labute approximate surface area is 115 Å². The van der Waals surface area contributed by atoms with E-state index in [9.17, 15) is 4.79 Å². The molecule has 1 aromatic heterocycles. The summed E-state index contributed by atoms with van der Waals surface area (Å²) in [5.41, 5.74) is 6.80. The van der Waals surface area contributed by atoms with E-state index in [2.05, 4.69) is 5.32 Å². The maximum absolute atomic E-state index is 11.0. The molecule has 94 valence electrons. The van der Waals surface area contributed by atoms with E-state index in [-0.39, 0.29) is 0 Å². The minimum atomic E-state index is -0.401. The molecule has 2 aromatic rings. The Hall–Kier alpha value is -1.36. The van der Waals surface area contributed by atoms with Crippen LogP contribution in [0.2, 0.25) is 5.02 Å². The van der Waals surface area contributed by atoms with Crippen LogP contribution in [0.25, 0.3) is 0 Å². The highest BCUT2D eigenvalue weighted by Gasteiger charge is 2.01. The van der Waals surface area contributed by atoms with E-state index >= 15 is 0 Å². The molecular formula is C13H13ClN2OS. The summed E-state index contributed by atoms with van der Waals surface area (Å²) in [7, 11) is 0.